The maximum atomic E-state index is 4.64. The normalized spacial score (nSPS) is 15.2. The van der Waals surface area contributed by atoms with E-state index >= 15 is 0 Å². The first kappa shape index (κ1) is 13.1. The van der Waals surface area contributed by atoms with Crippen molar-refractivity contribution in [1.29, 1.82) is 0 Å². The number of aryl methyl sites for hydroxylation is 2. The van der Waals surface area contributed by atoms with Gasteiger partial charge < -0.3 is 5.32 Å². The molecule has 20 heavy (non-hydrogen) atoms. The summed E-state index contributed by atoms with van der Waals surface area (Å²) in [6, 6.07) is 4.22. The molecule has 1 N–H and O–H groups in total. The number of hydrogen-bond acceptors (Lipinski definition) is 4. The molecule has 0 unspecified atom stereocenters. The van der Waals surface area contributed by atoms with Gasteiger partial charge in [-0.05, 0) is 39.4 Å². The third-order valence-electron chi connectivity index (χ3n) is 3.90. The van der Waals surface area contributed by atoms with Crippen LogP contribution in [0.3, 0.4) is 0 Å². The third kappa shape index (κ3) is 2.41. The fraction of sp³-hybridized carbons (Fsp3) is 0.467. The number of fused-ring (bicyclic) bond motifs is 1. The number of hydrogen-bond donors (Lipinski definition) is 1. The molecule has 1 aliphatic rings. The van der Waals surface area contributed by atoms with Crippen LogP contribution in [-0.4, -0.2) is 33.3 Å². The van der Waals surface area contributed by atoms with E-state index in [0.717, 1.165) is 42.5 Å². The van der Waals surface area contributed by atoms with E-state index in [9.17, 15) is 0 Å². The van der Waals surface area contributed by atoms with Crippen molar-refractivity contribution in [3.05, 3.63) is 34.8 Å². The number of likely N-dealkylation sites (N-methyl/N-ethyl adjacent to an activating group) is 1. The zero-order chi connectivity index (χ0) is 14.3. The Morgan fingerprint density at radius 2 is 1.95 bits per heavy atom. The first-order valence-corrected chi connectivity index (χ1v) is 7.00. The Morgan fingerprint density at radius 3 is 2.75 bits per heavy atom. The molecule has 3 heterocycles. The van der Waals surface area contributed by atoms with E-state index in [0.29, 0.717) is 0 Å². The van der Waals surface area contributed by atoms with Gasteiger partial charge in [-0.1, -0.05) is 0 Å². The lowest BCUT2D eigenvalue weighted by atomic mass is 10.1. The third-order valence-corrected chi connectivity index (χ3v) is 3.90. The number of anilines is 2. The summed E-state index contributed by atoms with van der Waals surface area (Å²) in [4.78, 5) is 6.79. The highest BCUT2D eigenvalue weighted by atomic mass is 15.4. The van der Waals surface area contributed by atoms with Crippen LogP contribution in [0.2, 0.25) is 0 Å². The van der Waals surface area contributed by atoms with Gasteiger partial charge in [0.15, 0.2) is 5.82 Å². The molecule has 0 radical (unpaired) electrons. The van der Waals surface area contributed by atoms with Crippen molar-refractivity contribution < 1.29 is 0 Å². The van der Waals surface area contributed by atoms with Gasteiger partial charge in [0, 0.05) is 36.2 Å². The molecule has 0 saturated carbocycles. The van der Waals surface area contributed by atoms with E-state index in [2.05, 4.69) is 51.1 Å². The van der Waals surface area contributed by atoms with E-state index < -0.39 is 0 Å². The fourth-order valence-corrected chi connectivity index (χ4v) is 2.62. The zero-order valence-electron chi connectivity index (χ0n) is 12.6. The summed E-state index contributed by atoms with van der Waals surface area (Å²) in [6.07, 6.45) is 0. The summed E-state index contributed by atoms with van der Waals surface area (Å²) in [7, 11) is 2.14. The average molecular weight is 271 g/mol. The van der Waals surface area contributed by atoms with Crippen LogP contribution in [0, 0.1) is 20.8 Å². The molecule has 0 bridgehead atoms. The zero-order valence-corrected chi connectivity index (χ0v) is 12.6. The highest BCUT2D eigenvalue weighted by Crippen LogP contribution is 2.24. The van der Waals surface area contributed by atoms with Crippen LogP contribution >= 0.6 is 0 Å². The predicted octanol–water partition coefficient (Wildman–Crippen LogP) is 2.39. The lowest BCUT2D eigenvalue weighted by molar-refractivity contribution is 0.259. The van der Waals surface area contributed by atoms with Crippen LogP contribution in [0.4, 0.5) is 11.5 Å². The Labute approximate surface area is 119 Å². The second-order valence-corrected chi connectivity index (χ2v) is 5.63. The van der Waals surface area contributed by atoms with Crippen molar-refractivity contribution in [1.82, 2.24) is 19.7 Å². The molecular formula is C15H21N5. The molecule has 2 aromatic heterocycles. The van der Waals surface area contributed by atoms with Crippen LogP contribution in [0.1, 0.15) is 22.6 Å². The number of pyridine rings is 1. The van der Waals surface area contributed by atoms with Crippen LogP contribution < -0.4 is 5.32 Å². The fourth-order valence-electron chi connectivity index (χ4n) is 2.62. The molecule has 0 saturated heterocycles. The quantitative estimate of drug-likeness (QED) is 0.911. The Kier molecular flexibility index (Phi) is 3.22. The van der Waals surface area contributed by atoms with E-state index in [-0.39, 0.29) is 0 Å². The molecule has 106 valence electrons. The molecule has 1 aliphatic heterocycles. The SMILES string of the molecule is Cc1cc(Nc2cc3n(n2)CCN(C)C3)c(C)c(C)n1. The van der Waals surface area contributed by atoms with Gasteiger partial charge in [-0.15, -0.1) is 0 Å². The number of aromatic nitrogens is 3. The topological polar surface area (TPSA) is 46.0 Å². The maximum absolute atomic E-state index is 4.64. The van der Waals surface area contributed by atoms with Crippen molar-refractivity contribution in [3.8, 4) is 0 Å². The summed E-state index contributed by atoms with van der Waals surface area (Å²) in [6.45, 7) is 9.13. The lowest BCUT2D eigenvalue weighted by Crippen LogP contribution is -2.30. The minimum Gasteiger partial charge on any atom is -0.338 e. The number of nitrogens with zero attached hydrogens (tertiary/aromatic N) is 4. The largest absolute Gasteiger partial charge is 0.338 e. The predicted molar refractivity (Wildman–Crippen MR) is 80.3 cm³/mol. The van der Waals surface area contributed by atoms with Gasteiger partial charge in [0.05, 0.1) is 12.2 Å². The first-order chi connectivity index (χ1) is 9.52. The lowest BCUT2D eigenvalue weighted by Gasteiger charge is -2.22. The summed E-state index contributed by atoms with van der Waals surface area (Å²) in [5, 5.41) is 8.07. The Bertz CT molecular complexity index is 644. The Balaban J connectivity index is 1.89. The van der Waals surface area contributed by atoms with E-state index in [1.807, 2.05) is 13.8 Å². The first-order valence-electron chi connectivity index (χ1n) is 7.00. The van der Waals surface area contributed by atoms with Gasteiger partial charge in [-0.3, -0.25) is 14.6 Å². The highest BCUT2D eigenvalue weighted by Gasteiger charge is 2.16. The molecule has 5 heteroatoms. The smallest absolute Gasteiger partial charge is 0.152 e. The van der Waals surface area contributed by atoms with Crippen LogP contribution in [0.15, 0.2) is 12.1 Å². The Hall–Kier alpha value is -1.88. The monoisotopic (exact) mass is 271 g/mol. The van der Waals surface area contributed by atoms with Crippen molar-refractivity contribution in [3.63, 3.8) is 0 Å². The molecule has 2 aromatic rings. The molecule has 0 amide bonds. The molecule has 0 aromatic carbocycles. The van der Waals surface area contributed by atoms with Crippen molar-refractivity contribution in [2.45, 2.75) is 33.9 Å². The van der Waals surface area contributed by atoms with Gasteiger partial charge in [-0.25, -0.2) is 0 Å². The summed E-state index contributed by atoms with van der Waals surface area (Å²) < 4.78 is 2.10. The Morgan fingerprint density at radius 1 is 1.15 bits per heavy atom. The minimum absolute atomic E-state index is 0.920. The standard InChI is InChI=1S/C15H21N5/c1-10-7-14(11(2)12(3)16-10)17-15-8-13-9-19(4)5-6-20(13)18-15/h7-8H,5-6,9H2,1-4H3,(H,16,17,18). The highest BCUT2D eigenvalue weighted by molar-refractivity contribution is 5.61. The summed E-state index contributed by atoms with van der Waals surface area (Å²) >= 11 is 0. The van der Waals surface area contributed by atoms with Crippen LogP contribution in [-0.2, 0) is 13.1 Å². The molecule has 0 spiro atoms. The molecule has 0 atom stereocenters. The summed E-state index contributed by atoms with van der Waals surface area (Å²) in [5.74, 6) is 0.920. The van der Waals surface area contributed by atoms with Crippen molar-refractivity contribution in [2.75, 3.05) is 18.9 Å². The molecular weight excluding hydrogens is 250 g/mol. The van der Waals surface area contributed by atoms with Crippen molar-refractivity contribution in [2.24, 2.45) is 0 Å². The maximum Gasteiger partial charge on any atom is 0.152 e. The van der Waals surface area contributed by atoms with Gasteiger partial charge in [0.25, 0.3) is 0 Å². The van der Waals surface area contributed by atoms with E-state index in [4.69, 9.17) is 0 Å². The molecule has 0 fully saturated rings. The minimum atomic E-state index is 0.920. The second kappa shape index (κ2) is 4.90. The number of rotatable bonds is 2. The van der Waals surface area contributed by atoms with Gasteiger partial charge >= 0.3 is 0 Å². The average Bonchev–Trinajstić information content (AvgIpc) is 2.76. The molecule has 3 rings (SSSR count). The van der Waals surface area contributed by atoms with E-state index in [1.165, 1.54) is 11.3 Å². The van der Waals surface area contributed by atoms with Crippen LogP contribution in [0.5, 0.6) is 0 Å². The van der Waals surface area contributed by atoms with Gasteiger partial charge in [0.1, 0.15) is 0 Å². The van der Waals surface area contributed by atoms with E-state index in [1.54, 1.807) is 0 Å². The summed E-state index contributed by atoms with van der Waals surface area (Å²) in [5.41, 5.74) is 5.63. The second-order valence-electron chi connectivity index (χ2n) is 5.63. The molecule has 5 nitrogen and oxygen atoms in total. The van der Waals surface area contributed by atoms with Crippen molar-refractivity contribution >= 4 is 11.5 Å². The van der Waals surface area contributed by atoms with Crippen LogP contribution in [0.25, 0.3) is 0 Å². The molecule has 0 aliphatic carbocycles. The van der Waals surface area contributed by atoms with Gasteiger partial charge in [-0.2, -0.15) is 5.10 Å². The number of nitrogens with one attached hydrogen (secondary N) is 1. The van der Waals surface area contributed by atoms with Gasteiger partial charge in [0.2, 0.25) is 0 Å².